The maximum absolute atomic E-state index is 13.6. The number of imide groups is 1. The fourth-order valence-electron chi connectivity index (χ4n) is 3.71. The minimum atomic E-state index is -1.39. The summed E-state index contributed by atoms with van der Waals surface area (Å²) in [7, 11) is 3.77. The van der Waals surface area contributed by atoms with E-state index in [0.29, 0.717) is 5.06 Å². The molecule has 0 radical (unpaired) electrons. The number of carbonyl (C=O) groups is 5. The first-order chi connectivity index (χ1) is 16.3. The number of carbonyl (C=O) groups excluding carboxylic acids is 5. The maximum Gasteiger partial charge on any atom is 0.359 e. The van der Waals surface area contributed by atoms with Gasteiger partial charge in [-0.3, -0.25) is 24.3 Å². The number of aliphatic hydroxyl groups is 1. The van der Waals surface area contributed by atoms with E-state index in [-0.39, 0.29) is 24.3 Å². The summed E-state index contributed by atoms with van der Waals surface area (Å²) >= 11 is 0. The third-order valence-corrected chi connectivity index (χ3v) is 6.27. The molecule has 1 aliphatic heterocycles. The molecule has 1 unspecified atom stereocenters. The molecule has 1 aliphatic rings. The number of hydrogen-bond donors (Lipinski definition) is 3. The van der Waals surface area contributed by atoms with E-state index in [4.69, 9.17) is 4.84 Å². The summed E-state index contributed by atoms with van der Waals surface area (Å²) in [6.07, 6.45) is 1.52. The number of nitrogens with one attached hydrogen (secondary N) is 2. The van der Waals surface area contributed by atoms with Crippen LogP contribution >= 0.6 is 9.39 Å². The topological polar surface area (TPSA) is 145 Å². The molecule has 11 nitrogen and oxygen atoms in total. The highest BCUT2D eigenvalue weighted by molar-refractivity contribution is 7.13. The smallest absolute Gasteiger partial charge is 0.359 e. The van der Waals surface area contributed by atoms with Gasteiger partial charge in [0.15, 0.2) is 0 Å². The average molecular weight is 529 g/mol. The average Bonchev–Trinajstić information content (AvgIpc) is 3.05. The van der Waals surface area contributed by atoms with Crippen LogP contribution in [0.5, 0.6) is 0 Å². The lowest BCUT2D eigenvalue weighted by Gasteiger charge is -2.38. The Bertz CT molecular complexity index is 889. The van der Waals surface area contributed by atoms with Gasteiger partial charge in [-0.15, -0.1) is 5.06 Å². The van der Waals surface area contributed by atoms with Gasteiger partial charge < -0.3 is 20.2 Å². The first-order valence-electron chi connectivity index (χ1n) is 11.8. The van der Waals surface area contributed by atoms with Gasteiger partial charge in [0.05, 0.1) is 11.6 Å². The van der Waals surface area contributed by atoms with Crippen LogP contribution in [0.2, 0.25) is 0 Å². The molecular formula is C24H41N4O7P. The molecule has 3 N–H and O–H groups in total. The monoisotopic (exact) mass is 528 g/mol. The second-order valence-corrected chi connectivity index (χ2v) is 11.4. The van der Waals surface area contributed by atoms with Gasteiger partial charge in [0.2, 0.25) is 11.8 Å². The minimum Gasteiger partial charge on any atom is -0.388 e. The first kappa shape index (κ1) is 31.7. The third-order valence-electron chi connectivity index (χ3n) is 5.94. The summed E-state index contributed by atoms with van der Waals surface area (Å²) in [6.45, 7) is 13.6. The van der Waals surface area contributed by atoms with Gasteiger partial charge in [-0.05, 0) is 32.1 Å². The SMILES string of the molecule is C/C(=C\[C@H](C(C)C)N(C)C(=O)[C@@H](NC(=O)[C@@H](NP)C(C)(C)O)C(C)(C)C)C(=O)ON1C(=O)CCC1=O. The van der Waals surface area contributed by atoms with Crippen molar-refractivity contribution < 1.29 is 33.9 Å². The predicted octanol–water partition coefficient (Wildman–Crippen LogP) is 1.07. The summed E-state index contributed by atoms with van der Waals surface area (Å²) in [5, 5.41) is 16.3. The van der Waals surface area contributed by atoms with Crippen molar-refractivity contribution in [1.82, 2.24) is 20.4 Å². The number of likely N-dealkylation sites (N-methyl/N-ethyl adjacent to an activating group) is 1. The maximum atomic E-state index is 13.6. The van der Waals surface area contributed by atoms with Gasteiger partial charge in [0.1, 0.15) is 12.1 Å². The molecule has 0 spiro atoms. The van der Waals surface area contributed by atoms with Crippen LogP contribution in [0, 0.1) is 11.3 Å². The molecule has 0 aromatic rings. The van der Waals surface area contributed by atoms with Crippen molar-refractivity contribution in [3.8, 4) is 0 Å². The van der Waals surface area contributed by atoms with Crippen LogP contribution in [0.25, 0.3) is 0 Å². The van der Waals surface area contributed by atoms with Crippen molar-refractivity contribution in [2.24, 2.45) is 11.3 Å². The van der Waals surface area contributed by atoms with Crippen molar-refractivity contribution in [1.29, 1.82) is 0 Å². The van der Waals surface area contributed by atoms with Gasteiger partial charge in [0.25, 0.3) is 11.8 Å². The Morgan fingerprint density at radius 1 is 1.08 bits per heavy atom. The Hall–Kier alpha value is -2.36. The molecule has 1 fully saturated rings. The van der Waals surface area contributed by atoms with E-state index < -0.39 is 58.7 Å². The van der Waals surface area contributed by atoms with Crippen LogP contribution in [0.4, 0.5) is 0 Å². The van der Waals surface area contributed by atoms with Gasteiger partial charge in [-0.25, -0.2) is 4.79 Å². The van der Waals surface area contributed by atoms with Crippen molar-refractivity contribution in [2.45, 2.75) is 92.0 Å². The van der Waals surface area contributed by atoms with Gasteiger partial charge in [0, 0.05) is 25.5 Å². The summed E-state index contributed by atoms with van der Waals surface area (Å²) in [6, 6.07) is -2.50. The Kier molecular flexibility index (Phi) is 10.8. The van der Waals surface area contributed by atoms with Crippen LogP contribution in [0.1, 0.15) is 68.2 Å². The van der Waals surface area contributed by atoms with Crippen LogP contribution in [0.15, 0.2) is 11.6 Å². The van der Waals surface area contributed by atoms with Crippen molar-refractivity contribution in [3.63, 3.8) is 0 Å². The Labute approximate surface area is 215 Å². The number of hydroxylamine groups is 2. The van der Waals surface area contributed by atoms with Gasteiger partial charge >= 0.3 is 5.97 Å². The van der Waals surface area contributed by atoms with Crippen molar-refractivity contribution >= 4 is 39.0 Å². The van der Waals surface area contributed by atoms with Crippen molar-refractivity contribution in [3.05, 3.63) is 11.6 Å². The second-order valence-electron chi connectivity index (χ2n) is 11.1. The lowest BCUT2D eigenvalue weighted by atomic mass is 9.84. The van der Waals surface area contributed by atoms with E-state index in [0.717, 1.165) is 0 Å². The molecule has 1 saturated heterocycles. The van der Waals surface area contributed by atoms with Gasteiger partial charge in [-0.1, -0.05) is 50.1 Å². The molecule has 204 valence electrons. The highest BCUT2D eigenvalue weighted by Gasteiger charge is 2.40. The summed E-state index contributed by atoms with van der Waals surface area (Å²) < 4.78 is 0. The standard InChI is InChI=1S/C24H41N4O7P/c1-13(2)15(12-14(3)22(33)35-28-16(29)10-11-17(28)30)27(9)21(32)19(23(4,5)6)25-20(31)18(26-36)24(7,8)34/h12-13,15,18-19,26,34H,10-11,36H2,1-9H3,(H,25,31)/b14-12+/t15-,18-,19-/m1/s1. The molecule has 0 aromatic heterocycles. The molecule has 0 aliphatic carbocycles. The number of nitrogens with zero attached hydrogens (tertiary/aromatic N) is 2. The van der Waals surface area contributed by atoms with E-state index in [1.165, 1.54) is 25.7 Å². The molecule has 0 bridgehead atoms. The second kappa shape index (κ2) is 12.3. The van der Waals surface area contributed by atoms with E-state index in [1.807, 2.05) is 34.6 Å². The largest absolute Gasteiger partial charge is 0.388 e. The van der Waals surface area contributed by atoms with E-state index in [1.54, 1.807) is 13.1 Å². The lowest BCUT2D eigenvalue weighted by Crippen LogP contribution is -2.61. The fourth-order valence-corrected chi connectivity index (χ4v) is 4.27. The van der Waals surface area contributed by atoms with Crippen LogP contribution < -0.4 is 10.4 Å². The van der Waals surface area contributed by atoms with Crippen LogP contribution in [-0.4, -0.2) is 75.4 Å². The first-order valence-corrected chi connectivity index (χ1v) is 12.4. The molecule has 36 heavy (non-hydrogen) atoms. The zero-order valence-corrected chi connectivity index (χ0v) is 23.8. The van der Waals surface area contributed by atoms with E-state index in [2.05, 4.69) is 19.8 Å². The molecule has 0 saturated carbocycles. The quantitative estimate of drug-likeness (QED) is 0.217. The zero-order chi connectivity index (χ0) is 28.2. The highest BCUT2D eigenvalue weighted by atomic mass is 31.0. The molecular weight excluding hydrogens is 487 g/mol. The number of rotatable bonds is 10. The number of hydrogen-bond acceptors (Lipinski definition) is 8. The van der Waals surface area contributed by atoms with Crippen molar-refractivity contribution in [2.75, 3.05) is 7.05 Å². The van der Waals surface area contributed by atoms with Crippen LogP contribution in [0.3, 0.4) is 0 Å². The molecule has 4 atom stereocenters. The summed E-state index contributed by atoms with van der Waals surface area (Å²) in [5.74, 6) is -3.11. The Balaban J connectivity index is 3.18. The van der Waals surface area contributed by atoms with E-state index >= 15 is 0 Å². The molecule has 12 heteroatoms. The normalized spacial score (nSPS) is 17.7. The molecule has 0 aromatic carbocycles. The molecule has 4 amide bonds. The third kappa shape index (κ3) is 8.08. The Morgan fingerprint density at radius 2 is 1.58 bits per heavy atom. The zero-order valence-electron chi connectivity index (χ0n) is 22.7. The summed E-state index contributed by atoms with van der Waals surface area (Å²) in [5.41, 5.74) is -1.95. The lowest BCUT2D eigenvalue weighted by molar-refractivity contribution is -0.194. The highest BCUT2D eigenvalue weighted by Crippen LogP contribution is 2.25. The molecule has 1 rings (SSSR count). The Morgan fingerprint density at radius 3 is 1.97 bits per heavy atom. The van der Waals surface area contributed by atoms with E-state index in [9.17, 15) is 29.1 Å². The van der Waals surface area contributed by atoms with Gasteiger partial charge in [-0.2, -0.15) is 0 Å². The minimum absolute atomic E-state index is 0.0127. The fraction of sp³-hybridized carbons (Fsp3) is 0.708. The van der Waals surface area contributed by atoms with Crippen LogP contribution in [-0.2, 0) is 28.8 Å². The molecule has 1 heterocycles. The number of amides is 4. The predicted molar refractivity (Wildman–Crippen MR) is 137 cm³/mol. The summed E-state index contributed by atoms with van der Waals surface area (Å²) in [4.78, 5) is 69.1.